The molecule has 2 rings (SSSR count). The molecule has 0 amide bonds. The molecule has 1 heterocycles. The largest absolute Gasteiger partial charge is 0.434 e. The molecule has 102 valence electrons. The summed E-state index contributed by atoms with van der Waals surface area (Å²) in [5, 5.41) is 7.65. The zero-order valence-electron chi connectivity index (χ0n) is 9.85. The van der Waals surface area contributed by atoms with Crippen molar-refractivity contribution >= 4 is 11.6 Å². The molecule has 0 bridgehead atoms. The van der Waals surface area contributed by atoms with E-state index in [9.17, 15) is 8.78 Å². The lowest BCUT2D eigenvalue weighted by molar-refractivity contribution is -0.0495. The van der Waals surface area contributed by atoms with Gasteiger partial charge in [-0.1, -0.05) is 12.1 Å². The van der Waals surface area contributed by atoms with E-state index < -0.39 is 6.61 Å². The van der Waals surface area contributed by atoms with Gasteiger partial charge >= 0.3 is 6.61 Å². The molecule has 0 N–H and O–H groups in total. The van der Waals surface area contributed by atoms with Crippen LogP contribution in [0.5, 0.6) is 5.75 Å². The zero-order valence-corrected chi connectivity index (χ0v) is 10.6. The van der Waals surface area contributed by atoms with Gasteiger partial charge in [-0.05, 0) is 18.6 Å². The van der Waals surface area contributed by atoms with E-state index >= 15 is 0 Å². The van der Waals surface area contributed by atoms with Crippen LogP contribution < -0.4 is 4.74 Å². The fourth-order valence-corrected chi connectivity index (χ4v) is 1.66. The molecule has 0 fully saturated rings. The maximum atomic E-state index is 12.3. The number of alkyl halides is 3. The molecular formula is C12H11ClF2N2O2. The lowest BCUT2D eigenvalue weighted by atomic mass is 10.2. The van der Waals surface area contributed by atoms with Crippen molar-refractivity contribution in [3.8, 4) is 17.2 Å². The van der Waals surface area contributed by atoms with Crippen molar-refractivity contribution in [1.82, 2.24) is 10.2 Å². The van der Waals surface area contributed by atoms with Crippen LogP contribution in [0.3, 0.4) is 0 Å². The van der Waals surface area contributed by atoms with Gasteiger partial charge in [0, 0.05) is 12.3 Å². The smallest absolute Gasteiger partial charge is 0.387 e. The summed E-state index contributed by atoms with van der Waals surface area (Å²) in [5.74, 6) is 1.07. The molecule has 7 heteroatoms. The molecule has 0 spiro atoms. The second-order valence-corrected chi connectivity index (χ2v) is 4.05. The summed E-state index contributed by atoms with van der Waals surface area (Å²) in [7, 11) is 0. The number of hydrogen-bond donors (Lipinski definition) is 0. The number of halogens is 3. The summed E-state index contributed by atoms with van der Waals surface area (Å²) in [6.07, 6.45) is 1.26. The van der Waals surface area contributed by atoms with Crippen molar-refractivity contribution in [2.45, 2.75) is 19.5 Å². The summed E-state index contributed by atoms with van der Waals surface area (Å²) in [6.45, 7) is -2.90. The van der Waals surface area contributed by atoms with E-state index in [0.29, 0.717) is 30.2 Å². The highest BCUT2D eigenvalue weighted by Crippen LogP contribution is 2.29. The Hall–Kier alpha value is -1.69. The van der Waals surface area contributed by atoms with Crippen molar-refractivity contribution in [3.05, 3.63) is 30.2 Å². The monoisotopic (exact) mass is 288 g/mol. The van der Waals surface area contributed by atoms with Gasteiger partial charge in [0.05, 0.1) is 5.56 Å². The van der Waals surface area contributed by atoms with Crippen molar-refractivity contribution in [2.75, 3.05) is 5.88 Å². The third-order valence-corrected chi connectivity index (χ3v) is 2.59. The van der Waals surface area contributed by atoms with Crippen LogP contribution in [0.25, 0.3) is 11.5 Å². The second-order valence-electron chi connectivity index (χ2n) is 3.67. The second kappa shape index (κ2) is 6.47. The number of hydrogen-bond acceptors (Lipinski definition) is 4. The van der Waals surface area contributed by atoms with E-state index in [0.717, 1.165) is 0 Å². The van der Waals surface area contributed by atoms with Crippen molar-refractivity contribution < 1.29 is 17.9 Å². The number of aryl methyl sites for hydroxylation is 1. The summed E-state index contributed by atoms with van der Waals surface area (Å²) in [5.41, 5.74) is 0.340. The first-order chi connectivity index (χ1) is 9.20. The van der Waals surface area contributed by atoms with Crippen LogP contribution in [0.1, 0.15) is 12.3 Å². The highest BCUT2D eigenvalue weighted by molar-refractivity contribution is 6.17. The molecule has 0 saturated carbocycles. The van der Waals surface area contributed by atoms with E-state index in [4.69, 9.17) is 16.0 Å². The number of para-hydroxylation sites is 1. The number of benzene rings is 1. The first-order valence-corrected chi connectivity index (χ1v) is 6.16. The molecule has 19 heavy (non-hydrogen) atoms. The van der Waals surface area contributed by atoms with Gasteiger partial charge in [0.15, 0.2) is 0 Å². The topological polar surface area (TPSA) is 48.2 Å². The van der Waals surface area contributed by atoms with Crippen LogP contribution in [0.2, 0.25) is 0 Å². The summed E-state index contributed by atoms with van der Waals surface area (Å²) >= 11 is 5.56. The Balaban J connectivity index is 2.23. The predicted octanol–water partition coefficient (Wildman–Crippen LogP) is 3.51. The van der Waals surface area contributed by atoms with Gasteiger partial charge in [-0.25, -0.2) is 0 Å². The van der Waals surface area contributed by atoms with Crippen LogP contribution in [0, 0.1) is 0 Å². The Morgan fingerprint density at radius 1 is 1.26 bits per heavy atom. The molecule has 0 atom stereocenters. The number of nitrogens with zero attached hydrogens (tertiary/aromatic N) is 2. The quantitative estimate of drug-likeness (QED) is 0.763. The average Bonchev–Trinajstić information content (AvgIpc) is 2.85. The Morgan fingerprint density at radius 3 is 2.79 bits per heavy atom. The van der Waals surface area contributed by atoms with Crippen LogP contribution >= 0.6 is 11.6 Å². The van der Waals surface area contributed by atoms with Gasteiger partial charge in [0.2, 0.25) is 5.89 Å². The fourth-order valence-electron chi connectivity index (χ4n) is 1.52. The maximum absolute atomic E-state index is 12.3. The van der Waals surface area contributed by atoms with E-state index in [1.807, 2.05) is 0 Å². The average molecular weight is 289 g/mol. The molecule has 0 aliphatic carbocycles. The molecule has 1 aromatic heterocycles. The molecule has 0 unspecified atom stereocenters. The van der Waals surface area contributed by atoms with Gasteiger partial charge < -0.3 is 9.15 Å². The Morgan fingerprint density at radius 2 is 2.05 bits per heavy atom. The standard InChI is InChI=1S/C12H11ClF2N2O2/c13-7-3-6-10-16-17-11(19-10)8-4-1-2-5-9(8)18-12(14)15/h1-2,4-5,12H,3,6-7H2. The normalized spacial score (nSPS) is 10.9. The number of aromatic nitrogens is 2. The minimum absolute atomic E-state index is 0.00467. The van der Waals surface area contributed by atoms with Crippen molar-refractivity contribution in [2.24, 2.45) is 0 Å². The van der Waals surface area contributed by atoms with Gasteiger partial charge in [0.25, 0.3) is 5.89 Å². The molecule has 4 nitrogen and oxygen atoms in total. The number of ether oxygens (including phenoxy) is 1. The number of rotatable bonds is 6. The lowest BCUT2D eigenvalue weighted by Crippen LogP contribution is -2.03. The molecule has 0 saturated heterocycles. The molecule has 0 aliphatic heterocycles. The van der Waals surface area contributed by atoms with Crippen LogP contribution in [-0.2, 0) is 6.42 Å². The Bertz CT molecular complexity index is 534. The van der Waals surface area contributed by atoms with E-state index in [1.165, 1.54) is 6.07 Å². The van der Waals surface area contributed by atoms with E-state index in [1.54, 1.807) is 18.2 Å². The van der Waals surface area contributed by atoms with Crippen molar-refractivity contribution in [1.29, 1.82) is 0 Å². The molecular weight excluding hydrogens is 278 g/mol. The highest BCUT2D eigenvalue weighted by Gasteiger charge is 2.15. The fraction of sp³-hybridized carbons (Fsp3) is 0.333. The first kappa shape index (κ1) is 13.7. The van der Waals surface area contributed by atoms with Gasteiger partial charge in [0.1, 0.15) is 5.75 Å². The maximum Gasteiger partial charge on any atom is 0.387 e. The van der Waals surface area contributed by atoms with Crippen LogP contribution in [0.4, 0.5) is 8.78 Å². The van der Waals surface area contributed by atoms with Crippen LogP contribution in [0.15, 0.2) is 28.7 Å². The van der Waals surface area contributed by atoms with Gasteiger partial charge in [-0.2, -0.15) is 8.78 Å². The SMILES string of the molecule is FC(F)Oc1ccccc1-c1nnc(CCCCl)o1. The predicted molar refractivity (Wildman–Crippen MR) is 65.4 cm³/mol. The zero-order chi connectivity index (χ0) is 13.7. The van der Waals surface area contributed by atoms with Gasteiger partial charge in [-0.15, -0.1) is 21.8 Å². The summed E-state index contributed by atoms with van der Waals surface area (Å²) < 4.78 is 34.4. The van der Waals surface area contributed by atoms with Crippen LogP contribution in [-0.4, -0.2) is 22.7 Å². The Labute approximate surface area is 113 Å². The summed E-state index contributed by atoms with van der Waals surface area (Å²) in [4.78, 5) is 0. The molecule has 2 aromatic rings. The van der Waals surface area contributed by atoms with E-state index in [2.05, 4.69) is 14.9 Å². The first-order valence-electron chi connectivity index (χ1n) is 5.63. The van der Waals surface area contributed by atoms with Crippen molar-refractivity contribution in [3.63, 3.8) is 0 Å². The Kier molecular flexibility index (Phi) is 4.68. The lowest BCUT2D eigenvalue weighted by Gasteiger charge is -2.07. The van der Waals surface area contributed by atoms with Gasteiger partial charge in [-0.3, -0.25) is 0 Å². The molecule has 0 radical (unpaired) electrons. The third-order valence-electron chi connectivity index (χ3n) is 2.32. The molecule has 0 aliphatic rings. The minimum Gasteiger partial charge on any atom is -0.434 e. The summed E-state index contributed by atoms with van der Waals surface area (Å²) in [6, 6.07) is 6.27. The van der Waals surface area contributed by atoms with E-state index in [-0.39, 0.29) is 11.6 Å². The minimum atomic E-state index is -2.90. The molecule has 1 aromatic carbocycles. The highest BCUT2D eigenvalue weighted by atomic mass is 35.5. The third kappa shape index (κ3) is 3.64.